The zero-order valence-electron chi connectivity index (χ0n) is 19.3. The SMILES string of the molecule is COc1ccc(C(=O)NNC(=O)C23CCC(C)(c4nc5cc(Cl)c(Cl)cc5nc42)C3(C)C)cc1. The number of halogens is 2. The second kappa shape index (κ2) is 7.55. The smallest absolute Gasteiger partial charge is 0.269 e. The minimum absolute atomic E-state index is 0.310. The third-order valence-corrected chi connectivity index (χ3v) is 8.83. The lowest BCUT2D eigenvalue weighted by Gasteiger charge is -2.39. The van der Waals surface area contributed by atoms with Crippen molar-refractivity contribution in [2.24, 2.45) is 5.41 Å². The molecule has 0 radical (unpaired) electrons. The number of amides is 2. The number of fused-ring (bicyclic) bond motifs is 6. The van der Waals surface area contributed by atoms with Crippen molar-refractivity contribution >= 4 is 46.0 Å². The number of hydrogen-bond donors (Lipinski definition) is 2. The minimum atomic E-state index is -0.961. The summed E-state index contributed by atoms with van der Waals surface area (Å²) in [5.41, 5.74) is 6.45. The second-order valence-electron chi connectivity index (χ2n) is 9.68. The number of benzene rings is 2. The van der Waals surface area contributed by atoms with Gasteiger partial charge >= 0.3 is 0 Å². The van der Waals surface area contributed by atoms with Crippen LogP contribution in [0.1, 0.15) is 55.4 Å². The van der Waals surface area contributed by atoms with Crippen molar-refractivity contribution in [3.8, 4) is 5.75 Å². The maximum atomic E-state index is 13.8. The Labute approximate surface area is 207 Å². The van der Waals surface area contributed by atoms with Crippen molar-refractivity contribution in [1.29, 1.82) is 0 Å². The van der Waals surface area contributed by atoms with E-state index >= 15 is 0 Å². The molecule has 1 fully saturated rings. The van der Waals surface area contributed by atoms with E-state index in [1.165, 1.54) is 0 Å². The molecule has 7 nitrogen and oxygen atoms in total. The lowest BCUT2D eigenvalue weighted by atomic mass is 9.63. The Bertz CT molecular complexity index is 1360. The average Bonchev–Trinajstić information content (AvgIpc) is 3.11. The van der Waals surface area contributed by atoms with Crippen LogP contribution in [0.25, 0.3) is 11.0 Å². The van der Waals surface area contributed by atoms with Crippen LogP contribution in [0, 0.1) is 5.41 Å². The molecule has 0 saturated heterocycles. The standard InChI is InChI=1S/C25H24Cl2N4O3/c1-23(2)24(3)9-10-25(23,20-19(24)28-17-11-15(26)16(27)12-18(17)29-20)22(33)31-30-21(32)13-5-7-14(34-4)8-6-13/h5-8,11-12H,9-10H2,1-4H3,(H,30,32)(H,31,33). The van der Waals surface area contributed by atoms with E-state index in [2.05, 4.69) is 31.6 Å². The first-order chi connectivity index (χ1) is 16.0. The van der Waals surface area contributed by atoms with Gasteiger partial charge < -0.3 is 4.74 Å². The number of rotatable bonds is 3. The third kappa shape index (κ3) is 2.89. The van der Waals surface area contributed by atoms with Crippen molar-refractivity contribution in [3.05, 3.63) is 63.4 Å². The lowest BCUT2D eigenvalue weighted by Crippen LogP contribution is -2.55. The molecule has 1 saturated carbocycles. The van der Waals surface area contributed by atoms with Crippen LogP contribution in [0.3, 0.4) is 0 Å². The predicted molar refractivity (Wildman–Crippen MR) is 130 cm³/mol. The molecule has 0 aliphatic heterocycles. The number of nitrogens with zero attached hydrogens (tertiary/aromatic N) is 2. The van der Waals surface area contributed by atoms with Gasteiger partial charge in [0, 0.05) is 11.0 Å². The van der Waals surface area contributed by atoms with Crippen LogP contribution in [-0.2, 0) is 15.6 Å². The van der Waals surface area contributed by atoms with E-state index in [4.69, 9.17) is 37.9 Å². The summed E-state index contributed by atoms with van der Waals surface area (Å²) in [7, 11) is 1.56. The molecule has 34 heavy (non-hydrogen) atoms. The molecular weight excluding hydrogens is 475 g/mol. The number of aromatic nitrogens is 2. The Morgan fingerprint density at radius 2 is 1.50 bits per heavy atom. The van der Waals surface area contributed by atoms with Gasteiger partial charge in [-0.2, -0.15) is 0 Å². The number of carbonyl (C=O) groups is 2. The van der Waals surface area contributed by atoms with Gasteiger partial charge in [0.25, 0.3) is 11.8 Å². The number of methoxy groups -OCH3 is 1. The summed E-state index contributed by atoms with van der Waals surface area (Å²) in [6.07, 6.45) is 1.36. The van der Waals surface area contributed by atoms with Gasteiger partial charge in [0.15, 0.2) is 0 Å². The fraction of sp³-hybridized carbons (Fsp3) is 0.360. The number of hydrazine groups is 1. The van der Waals surface area contributed by atoms with Crippen LogP contribution in [0.5, 0.6) is 5.75 Å². The van der Waals surface area contributed by atoms with E-state index < -0.39 is 16.7 Å². The highest BCUT2D eigenvalue weighted by molar-refractivity contribution is 6.42. The number of hydrogen-bond acceptors (Lipinski definition) is 5. The van der Waals surface area contributed by atoms with Crippen molar-refractivity contribution in [1.82, 2.24) is 20.8 Å². The molecule has 176 valence electrons. The molecule has 5 rings (SSSR count). The van der Waals surface area contributed by atoms with Crippen LogP contribution in [0.2, 0.25) is 10.0 Å². The molecule has 1 heterocycles. The van der Waals surface area contributed by atoms with Gasteiger partial charge in [0.2, 0.25) is 0 Å². The summed E-state index contributed by atoms with van der Waals surface area (Å²) in [5.74, 6) is -0.0908. The van der Waals surface area contributed by atoms with Crippen LogP contribution in [0.15, 0.2) is 36.4 Å². The largest absolute Gasteiger partial charge is 0.497 e. The molecule has 2 aromatic carbocycles. The van der Waals surface area contributed by atoms with Crippen LogP contribution in [0.4, 0.5) is 0 Å². The van der Waals surface area contributed by atoms with Gasteiger partial charge in [-0.15, -0.1) is 0 Å². The maximum absolute atomic E-state index is 13.8. The molecule has 2 bridgehead atoms. The van der Waals surface area contributed by atoms with Gasteiger partial charge in [0.05, 0.1) is 39.6 Å². The van der Waals surface area contributed by atoms with Crippen LogP contribution in [-0.4, -0.2) is 28.9 Å². The summed E-state index contributed by atoms with van der Waals surface area (Å²) >= 11 is 12.4. The lowest BCUT2D eigenvalue weighted by molar-refractivity contribution is -0.131. The molecule has 9 heteroatoms. The van der Waals surface area contributed by atoms with E-state index in [9.17, 15) is 9.59 Å². The Morgan fingerprint density at radius 1 is 0.912 bits per heavy atom. The first-order valence-electron chi connectivity index (χ1n) is 11.0. The minimum Gasteiger partial charge on any atom is -0.497 e. The van der Waals surface area contributed by atoms with Crippen LogP contribution < -0.4 is 15.6 Å². The monoisotopic (exact) mass is 498 g/mol. The molecule has 2 aliphatic carbocycles. The molecule has 2 unspecified atom stereocenters. The summed E-state index contributed by atoms with van der Waals surface area (Å²) in [5, 5.41) is 0.784. The number of ether oxygens (including phenoxy) is 1. The Hall–Kier alpha value is -2.90. The van der Waals surface area contributed by atoms with Crippen LogP contribution >= 0.6 is 23.2 Å². The van der Waals surface area contributed by atoms with E-state index in [0.29, 0.717) is 44.5 Å². The molecule has 2 N–H and O–H groups in total. The quantitative estimate of drug-likeness (QED) is 0.508. The zero-order chi connectivity index (χ0) is 24.5. The Kier molecular flexibility index (Phi) is 5.08. The normalized spacial score (nSPS) is 24.1. The molecule has 1 aromatic heterocycles. The van der Waals surface area contributed by atoms with Gasteiger partial charge in [-0.1, -0.05) is 44.0 Å². The molecule has 2 amide bonds. The first kappa shape index (κ1) is 22.9. The van der Waals surface area contributed by atoms with Gasteiger partial charge in [-0.3, -0.25) is 20.4 Å². The Balaban J connectivity index is 1.51. The summed E-state index contributed by atoms with van der Waals surface area (Å²) < 4.78 is 5.13. The van der Waals surface area contributed by atoms with E-state index in [1.54, 1.807) is 43.5 Å². The van der Waals surface area contributed by atoms with E-state index in [1.807, 2.05) is 0 Å². The second-order valence-corrected chi connectivity index (χ2v) is 10.5. The zero-order valence-corrected chi connectivity index (χ0v) is 20.8. The molecule has 2 aliphatic rings. The number of nitrogens with one attached hydrogen (secondary N) is 2. The Morgan fingerprint density at radius 3 is 2.09 bits per heavy atom. The fourth-order valence-electron chi connectivity index (χ4n) is 5.64. The summed E-state index contributed by atoms with van der Waals surface area (Å²) in [6, 6.07) is 10.0. The van der Waals surface area contributed by atoms with Gasteiger partial charge in [0.1, 0.15) is 11.2 Å². The third-order valence-electron chi connectivity index (χ3n) is 8.11. The highest BCUT2D eigenvalue weighted by Crippen LogP contribution is 2.70. The predicted octanol–water partition coefficient (Wildman–Crippen LogP) is 4.74. The summed E-state index contributed by atoms with van der Waals surface area (Å²) in [4.78, 5) is 36.2. The summed E-state index contributed by atoms with van der Waals surface area (Å²) in [6.45, 7) is 6.26. The van der Waals surface area contributed by atoms with E-state index in [0.717, 1.165) is 12.1 Å². The molecular formula is C25H24Cl2N4O3. The molecule has 3 aromatic rings. The van der Waals surface area contributed by atoms with E-state index in [-0.39, 0.29) is 11.3 Å². The fourth-order valence-corrected chi connectivity index (χ4v) is 5.95. The van der Waals surface area contributed by atoms with Crippen molar-refractivity contribution in [2.45, 2.75) is 44.4 Å². The first-order valence-corrected chi connectivity index (χ1v) is 11.7. The average molecular weight is 499 g/mol. The van der Waals surface area contributed by atoms with Gasteiger partial charge in [-0.25, -0.2) is 9.97 Å². The van der Waals surface area contributed by atoms with Gasteiger partial charge in [-0.05, 0) is 54.7 Å². The van der Waals surface area contributed by atoms with Crippen molar-refractivity contribution in [3.63, 3.8) is 0 Å². The molecule has 0 spiro atoms. The highest BCUT2D eigenvalue weighted by Gasteiger charge is 2.73. The maximum Gasteiger partial charge on any atom is 0.269 e. The highest BCUT2D eigenvalue weighted by atomic mass is 35.5. The topological polar surface area (TPSA) is 93.2 Å². The van der Waals surface area contributed by atoms with Crippen molar-refractivity contribution in [2.75, 3.05) is 7.11 Å². The number of carbonyl (C=O) groups excluding carboxylic acids is 2. The molecule has 2 atom stereocenters. The van der Waals surface area contributed by atoms with Crippen molar-refractivity contribution < 1.29 is 14.3 Å².